The summed E-state index contributed by atoms with van der Waals surface area (Å²) < 4.78 is 29.3. The highest BCUT2D eigenvalue weighted by Crippen LogP contribution is 2.36. The number of hydrogen-bond donors (Lipinski definition) is 2. The number of nitrogens with one attached hydrogen (secondary N) is 2. The molecule has 0 atom stereocenters. The highest BCUT2D eigenvalue weighted by atomic mass is 35.5. The zero-order valence-corrected chi connectivity index (χ0v) is 18.6. The molecule has 1 aliphatic carbocycles. The zero-order chi connectivity index (χ0) is 26.0. The van der Waals surface area contributed by atoms with E-state index in [0.717, 1.165) is 12.8 Å². The van der Waals surface area contributed by atoms with Crippen molar-refractivity contribution in [3.63, 3.8) is 0 Å². The van der Waals surface area contributed by atoms with Crippen molar-refractivity contribution in [3.05, 3.63) is 41.5 Å². The standard InChI is InChI=1S/C21H23ClN8O3/c1-23-21(32)14-10-30(11-22)17(25-20(31)12-7-8-12)9-16(14)24-15-6-4-5-13(18(15)33-3)19-26-28-29(2)27-19/h4-6,9-10,12,24H,7-8,11H2,1-3H3,(H,23,32)/b25-17+/i1D3. The lowest BCUT2D eigenvalue weighted by Crippen LogP contribution is -2.27. The van der Waals surface area contributed by atoms with Crippen LogP contribution >= 0.6 is 11.6 Å². The van der Waals surface area contributed by atoms with Gasteiger partial charge in [-0.25, -0.2) is 0 Å². The number of ether oxygens (including phenoxy) is 1. The number of rotatable bonds is 7. The molecule has 12 heteroatoms. The van der Waals surface area contributed by atoms with Gasteiger partial charge in [0.1, 0.15) is 5.49 Å². The first-order chi connectivity index (χ1) is 17.1. The van der Waals surface area contributed by atoms with Crippen LogP contribution in [0.15, 0.2) is 35.5 Å². The van der Waals surface area contributed by atoms with Gasteiger partial charge in [-0.05, 0) is 30.2 Å². The minimum atomic E-state index is -2.72. The van der Waals surface area contributed by atoms with E-state index in [1.807, 2.05) is 5.32 Å². The van der Waals surface area contributed by atoms with E-state index in [1.165, 1.54) is 28.7 Å². The number of aryl methyl sites for hydroxylation is 1. The van der Waals surface area contributed by atoms with Crippen molar-refractivity contribution in [2.24, 2.45) is 18.0 Å². The zero-order valence-electron chi connectivity index (χ0n) is 20.9. The Morgan fingerprint density at radius 2 is 2.18 bits per heavy atom. The normalized spacial score (nSPS) is 15.4. The predicted molar refractivity (Wildman–Crippen MR) is 121 cm³/mol. The number of alkyl halides is 1. The molecule has 33 heavy (non-hydrogen) atoms. The van der Waals surface area contributed by atoms with E-state index < -0.39 is 12.9 Å². The van der Waals surface area contributed by atoms with Gasteiger partial charge in [-0.15, -0.1) is 21.8 Å². The molecule has 172 valence electrons. The van der Waals surface area contributed by atoms with E-state index in [-0.39, 0.29) is 34.6 Å². The van der Waals surface area contributed by atoms with Crippen LogP contribution in [0, 0.1) is 5.92 Å². The van der Waals surface area contributed by atoms with E-state index in [1.54, 1.807) is 25.2 Å². The van der Waals surface area contributed by atoms with Gasteiger partial charge in [0.05, 0.1) is 42.7 Å². The Bertz CT molecular complexity index is 1380. The molecule has 2 aromatic heterocycles. The Balaban J connectivity index is 1.84. The molecule has 2 amide bonds. The van der Waals surface area contributed by atoms with Crippen LogP contribution in [0.2, 0.25) is 0 Å². The maximum absolute atomic E-state index is 12.9. The molecule has 4 rings (SSSR count). The molecule has 2 heterocycles. The van der Waals surface area contributed by atoms with Crippen LogP contribution in [0.5, 0.6) is 5.75 Å². The summed E-state index contributed by atoms with van der Waals surface area (Å²) in [5, 5.41) is 17.1. The second-order valence-corrected chi connectivity index (χ2v) is 7.58. The number of para-hydroxylation sites is 1. The molecule has 1 saturated carbocycles. The third-order valence-corrected chi connectivity index (χ3v) is 5.28. The summed E-state index contributed by atoms with van der Waals surface area (Å²) in [6, 6.07) is 6.50. The van der Waals surface area contributed by atoms with Crippen molar-refractivity contribution in [3.8, 4) is 17.1 Å². The summed E-state index contributed by atoms with van der Waals surface area (Å²) in [6.07, 6.45) is 2.89. The van der Waals surface area contributed by atoms with Crippen molar-refractivity contribution in [1.82, 2.24) is 30.1 Å². The summed E-state index contributed by atoms with van der Waals surface area (Å²) in [4.78, 5) is 30.8. The number of tetrazole rings is 1. The smallest absolute Gasteiger partial charge is 0.254 e. The summed E-state index contributed by atoms with van der Waals surface area (Å²) >= 11 is 6.06. The van der Waals surface area contributed by atoms with Crippen molar-refractivity contribution in [2.75, 3.05) is 19.4 Å². The molecule has 0 unspecified atom stereocenters. The lowest BCUT2D eigenvalue weighted by atomic mass is 10.1. The number of hydrogen-bond acceptors (Lipinski definition) is 7. The molecule has 0 aliphatic heterocycles. The van der Waals surface area contributed by atoms with Gasteiger partial charge in [-0.2, -0.15) is 9.79 Å². The van der Waals surface area contributed by atoms with Crippen LogP contribution in [0.1, 0.15) is 27.3 Å². The van der Waals surface area contributed by atoms with Crippen LogP contribution in [0.4, 0.5) is 11.4 Å². The van der Waals surface area contributed by atoms with E-state index in [2.05, 4.69) is 25.7 Å². The lowest BCUT2D eigenvalue weighted by Gasteiger charge is -2.17. The molecule has 0 spiro atoms. The van der Waals surface area contributed by atoms with Crippen LogP contribution in [0.3, 0.4) is 0 Å². The van der Waals surface area contributed by atoms with E-state index in [9.17, 15) is 9.59 Å². The number of benzene rings is 1. The van der Waals surface area contributed by atoms with Crippen LogP contribution < -0.4 is 20.9 Å². The molecule has 1 aliphatic rings. The third kappa shape index (κ3) is 4.72. The number of pyridine rings is 1. The summed E-state index contributed by atoms with van der Waals surface area (Å²) in [6.45, 7) is -2.72. The van der Waals surface area contributed by atoms with Crippen molar-refractivity contribution in [1.29, 1.82) is 0 Å². The second kappa shape index (κ2) is 9.41. The largest absolute Gasteiger partial charge is 0.494 e. The third-order valence-electron chi connectivity index (χ3n) is 5.02. The monoisotopic (exact) mass is 473 g/mol. The quantitative estimate of drug-likeness (QED) is 0.501. The van der Waals surface area contributed by atoms with E-state index in [0.29, 0.717) is 22.8 Å². The molecular formula is C21H23ClN8O3. The van der Waals surface area contributed by atoms with E-state index >= 15 is 0 Å². The first-order valence-corrected chi connectivity index (χ1v) is 10.5. The SMILES string of the molecule is [2H]C([2H])([2H])NC(=O)c1cn(CCl)/c(=N/C(=O)C2CC2)cc1Nc1cccc(-c2nnn(C)n2)c1OC. The van der Waals surface area contributed by atoms with Crippen molar-refractivity contribution < 1.29 is 18.4 Å². The Hall–Kier alpha value is -3.73. The van der Waals surface area contributed by atoms with Crippen LogP contribution in [0.25, 0.3) is 11.4 Å². The molecule has 0 saturated heterocycles. The Labute approximate surface area is 198 Å². The highest BCUT2D eigenvalue weighted by molar-refractivity contribution is 6.15. The minimum absolute atomic E-state index is 0.0327. The van der Waals surface area contributed by atoms with Crippen LogP contribution in [-0.2, 0) is 17.8 Å². The van der Waals surface area contributed by atoms with Crippen LogP contribution in [-0.4, -0.2) is 50.7 Å². The Kier molecular flexibility index (Phi) is 5.36. The maximum atomic E-state index is 12.9. The first-order valence-electron chi connectivity index (χ1n) is 11.5. The van der Waals surface area contributed by atoms with E-state index in [4.69, 9.17) is 20.5 Å². The van der Waals surface area contributed by atoms with Gasteiger partial charge in [-0.3, -0.25) is 9.59 Å². The fraction of sp³-hybridized carbons (Fsp3) is 0.333. The minimum Gasteiger partial charge on any atom is -0.494 e. The molecule has 2 N–H and O–H groups in total. The Morgan fingerprint density at radius 1 is 1.36 bits per heavy atom. The number of aromatic nitrogens is 5. The topological polar surface area (TPSA) is 128 Å². The molecule has 1 fully saturated rings. The summed E-state index contributed by atoms with van der Waals surface area (Å²) in [5.41, 5.74) is 1.32. The molecule has 0 radical (unpaired) electrons. The molecule has 0 bridgehead atoms. The fourth-order valence-corrected chi connectivity index (χ4v) is 3.42. The average Bonchev–Trinajstić information content (AvgIpc) is 3.58. The highest BCUT2D eigenvalue weighted by Gasteiger charge is 2.29. The number of carbonyl (C=O) groups excluding carboxylic acids is 2. The predicted octanol–water partition coefficient (Wildman–Crippen LogP) is 1.82. The number of anilines is 2. The summed E-state index contributed by atoms with van der Waals surface area (Å²) in [7, 11) is 3.09. The van der Waals surface area contributed by atoms with Gasteiger partial charge in [0.2, 0.25) is 5.82 Å². The first kappa shape index (κ1) is 18.8. The van der Waals surface area contributed by atoms with Gasteiger partial charge < -0.3 is 19.9 Å². The lowest BCUT2D eigenvalue weighted by molar-refractivity contribution is -0.119. The fourth-order valence-electron chi connectivity index (χ4n) is 3.23. The van der Waals surface area contributed by atoms with Gasteiger partial charge >= 0.3 is 0 Å². The Morgan fingerprint density at radius 3 is 2.82 bits per heavy atom. The molecule has 1 aromatic carbocycles. The average molecular weight is 474 g/mol. The number of carbonyl (C=O) groups is 2. The second-order valence-electron chi connectivity index (χ2n) is 7.34. The number of methoxy groups -OCH3 is 1. The van der Waals surface area contributed by atoms with Gasteiger partial charge in [-0.1, -0.05) is 6.07 Å². The summed E-state index contributed by atoms with van der Waals surface area (Å²) in [5.74, 6) is -0.610. The molecular weight excluding hydrogens is 448 g/mol. The van der Waals surface area contributed by atoms with Crippen molar-refractivity contribution in [2.45, 2.75) is 18.8 Å². The van der Waals surface area contributed by atoms with Gasteiger partial charge in [0.15, 0.2) is 5.75 Å². The number of nitrogens with zero attached hydrogens (tertiary/aromatic N) is 6. The molecule has 3 aromatic rings. The van der Waals surface area contributed by atoms with Gasteiger partial charge in [0, 0.05) is 29.3 Å². The number of halogens is 1. The maximum Gasteiger partial charge on any atom is 0.254 e. The number of amides is 2. The molecule has 11 nitrogen and oxygen atoms in total. The van der Waals surface area contributed by atoms with Crippen molar-refractivity contribution >= 4 is 34.8 Å². The van der Waals surface area contributed by atoms with Gasteiger partial charge in [0.25, 0.3) is 11.8 Å².